The molecule has 1 aliphatic rings. The highest BCUT2D eigenvalue weighted by atomic mass is 32.2. The molecule has 1 aliphatic heterocycles. The number of carboxylic acids is 1. The normalized spacial score (nSPS) is 13.6. The van der Waals surface area contributed by atoms with E-state index in [1.54, 1.807) is 23.1 Å². The summed E-state index contributed by atoms with van der Waals surface area (Å²) in [5, 5.41) is 12.5. The number of hydrogen-bond acceptors (Lipinski definition) is 8. The topological polar surface area (TPSA) is 139 Å². The molecule has 3 heterocycles. The van der Waals surface area contributed by atoms with E-state index in [2.05, 4.69) is 15.3 Å². The third-order valence-electron chi connectivity index (χ3n) is 5.72. The van der Waals surface area contributed by atoms with Crippen molar-refractivity contribution in [2.75, 3.05) is 18.1 Å². The van der Waals surface area contributed by atoms with Crippen molar-refractivity contribution in [3.63, 3.8) is 0 Å². The van der Waals surface area contributed by atoms with Crippen LogP contribution in [0.1, 0.15) is 41.4 Å². The lowest BCUT2D eigenvalue weighted by Crippen LogP contribution is -2.24. The molecular formula is C25H26N4O6S. The summed E-state index contributed by atoms with van der Waals surface area (Å²) in [4.78, 5) is 33.8. The van der Waals surface area contributed by atoms with Crippen molar-refractivity contribution >= 4 is 33.2 Å². The Hall–Kier alpha value is -3.99. The summed E-state index contributed by atoms with van der Waals surface area (Å²) in [5.41, 5.74) is 2.06. The minimum atomic E-state index is -3.43. The number of likely N-dealkylation sites (tertiary alicyclic amines) is 1. The Morgan fingerprint density at radius 2 is 2.00 bits per heavy atom. The van der Waals surface area contributed by atoms with Crippen molar-refractivity contribution in [2.45, 2.75) is 37.8 Å². The van der Waals surface area contributed by atoms with E-state index in [-0.39, 0.29) is 16.5 Å². The molecule has 188 valence electrons. The highest BCUT2D eigenvalue weighted by Crippen LogP contribution is 2.31. The van der Waals surface area contributed by atoms with Gasteiger partial charge in [-0.3, -0.25) is 4.79 Å². The van der Waals surface area contributed by atoms with Gasteiger partial charge in [0.15, 0.2) is 14.9 Å². The third-order valence-corrected chi connectivity index (χ3v) is 6.72. The minimum absolute atomic E-state index is 0.0508. The Morgan fingerprint density at radius 1 is 1.19 bits per heavy atom. The molecule has 0 atom stereocenters. The fourth-order valence-electron chi connectivity index (χ4n) is 3.91. The number of aromatic carboxylic acids is 1. The number of aryl methyl sites for hydroxylation is 1. The second kappa shape index (κ2) is 10.3. The number of ether oxygens (including phenoxy) is 1. The molecule has 0 unspecified atom stereocenters. The first-order valence-corrected chi connectivity index (χ1v) is 13.3. The highest BCUT2D eigenvalue weighted by Gasteiger charge is 2.22. The summed E-state index contributed by atoms with van der Waals surface area (Å²) in [6.07, 6.45) is 4.19. The number of amides is 1. The summed E-state index contributed by atoms with van der Waals surface area (Å²) < 4.78 is 29.4. The summed E-state index contributed by atoms with van der Waals surface area (Å²) in [5.74, 6) is 0.392. The predicted octanol–water partition coefficient (Wildman–Crippen LogP) is 3.80. The first-order valence-electron chi connectivity index (χ1n) is 11.4. The zero-order chi connectivity index (χ0) is 25.9. The van der Waals surface area contributed by atoms with E-state index in [0.29, 0.717) is 54.6 Å². The molecule has 11 heteroatoms. The van der Waals surface area contributed by atoms with Gasteiger partial charge < -0.3 is 20.1 Å². The fraction of sp³-hybridized carbons (Fsp3) is 0.280. The summed E-state index contributed by atoms with van der Waals surface area (Å²) >= 11 is 0. The Labute approximate surface area is 208 Å². The predicted molar refractivity (Wildman–Crippen MR) is 132 cm³/mol. The van der Waals surface area contributed by atoms with Gasteiger partial charge in [-0.25, -0.2) is 23.2 Å². The molecule has 0 bridgehead atoms. The second-order valence-corrected chi connectivity index (χ2v) is 10.4. The van der Waals surface area contributed by atoms with Gasteiger partial charge in [0.25, 0.3) is 0 Å². The van der Waals surface area contributed by atoms with E-state index in [4.69, 9.17) is 4.74 Å². The second-order valence-electron chi connectivity index (χ2n) is 8.42. The number of sulfone groups is 1. The van der Waals surface area contributed by atoms with Crippen LogP contribution in [0, 0.1) is 0 Å². The molecular weight excluding hydrogens is 484 g/mol. The van der Waals surface area contributed by atoms with E-state index < -0.39 is 15.8 Å². The Morgan fingerprint density at radius 3 is 2.61 bits per heavy atom. The van der Waals surface area contributed by atoms with Crippen LogP contribution < -0.4 is 10.1 Å². The van der Waals surface area contributed by atoms with Crippen molar-refractivity contribution in [1.29, 1.82) is 0 Å². The van der Waals surface area contributed by atoms with Gasteiger partial charge >= 0.3 is 5.97 Å². The van der Waals surface area contributed by atoms with Crippen molar-refractivity contribution in [2.24, 2.45) is 0 Å². The smallest absolute Gasteiger partial charge is 0.337 e. The van der Waals surface area contributed by atoms with Gasteiger partial charge in [-0.1, -0.05) is 6.92 Å². The van der Waals surface area contributed by atoms with E-state index in [0.717, 1.165) is 18.2 Å². The van der Waals surface area contributed by atoms with Crippen molar-refractivity contribution < 1.29 is 27.9 Å². The van der Waals surface area contributed by atoms with Crippen LogP contribution in [0.5, 0.6) is 11.5 Å². The summed E-state index contributed by atoms with van der Waals surface area (Å²) in [6, 6.07) is 11.4. The molecule has 2 aromatic heterocycles. The van der Waals surface area contributed by atoms with Crippen molar-refractivity contribution in [1.82, 2.24) is 14.9 Å². The minimum Gasteiger partial charge on any atom is -0.478 e. The van der Waals surface area contributed by atoms with E-state index in [9.17, 15) is 23.1 Å². The fourth-order valence-corrected chi connectivity index (χ4v) is 4.47. The zero-order valence-electron chi connectivity index (χ0n) is 19.9. The number of aromatic nitrogens is 2. The zero-order valence-corrected chi connectivity index (χ0v) is 20.7. The van der Waals surface area contributed by atoms with Gasteiger partial charge in [0, 0.05) is 37.0 Å². The molecule has 36 heavy (non-hydrogen) atoms. The molecule has 2 N–H and O–H groups in total. The monoisotopic (exact) mass is 510 g/mol. The first kappa shape index (κ1) is 25.1. The van der Waals surface area contributed by atoms with Crippen LogP contribution in [0.2, 0.25) is 0 Å². The average Bonchev–Trinajstić information content (AvgIpc) is 3.24. The van der Waals surface area contributed by atoms with Crippen molar-refractivity contribution in [3.05, 3.63) is 65.5 Å². The Kier molecular flexibility index (Phi) is 7.20. The maximum Gasteiger partial charge on any atom is 0.337 e. The van der Waals surface area contributed by atoms with E-state index >= 15 is 0 Å². The molecule has 0 spiro atoms. The Balaban J connectivity index is 1.62. The summed E-state index contributed by atoms with van der Waals surface area (Å²) in [6.45, 7) is 2.83. The van der Waals surface area contributed by atoms with Crippen LogP contribution in [0.3, 0.4) is 0 Å². The van der Waals surface area contributed by atoms with Gasteiger partial charge in [-0.05, 0) is 55.3 Å². The number of pyridine rings is 2. The van der Waals surface area contributed by atoms with Crippen molar-refractivity contribution in [3.8, 4) is 11.5 Å². The molecule has 4 rings (SSSR count). The lowest BCUT2D eigenvalue weighted by Gasteiger charge is -2.19. The number of carboxylic acid groups (broad SMARTS) is 1. The van der Waals surface area contributed by atoms with Gasteiger partial charge in [-0.2, -0.15) is 0 Å². The highest BCUT2D eigenvalue weighted by molar-refractivity contribution is 7.90. The van der Waals surface area contributed by atoms with E-state index in [1.165, 1.54) is 24.4 Å². The lowest BCUT2D eigenvalue weighted by atomic mass is 10.1. The van der Waals surface area contributed by atoms with Crippen LogP contribution in [0.15, 0.2) is 53.7 Å². The van der Waals surface area contributed by atoms with E-state index in [1.807, 2.05) is 13.0 Å². The van der Waals surface area contributed by atoms with Crippen LogP contribution in [-0.2, 0) is 27.6 Å². The molecule has 1 fully saturated rings. The number of benzene rings is 1. The quantitative estimate of drug-likeness (QED) is 0.440. The SMILES string of the molecule is CCc1nc(Nc2ccc(Oc3ccc(S(C)(=O)=O)nc3)c(CN3CCCC3=O)c2)ccc1C(=O)O. The summed E-state index contributed by atoms with van der Waals surface area (Å²) in [7, 11) is -3.43. The van der Waals surface area contributed by atoms with Gasteiger partial charge in [0.05, 0.1) is 17.5 Å². The molecule has 0 saturated carbocycles. The molecule has 1 amide bonds. The number of hydrogen-bond donors (Lipinski definition) is 2. The van der Waals surface area contributed by atoms with Gasteiger partial charge in [-0.15, -0.1) is 0 Å². The maximum atomic E-state index is 12.3. The number of nitrogens with one attached hydrogen (secondary N) is 1. The molecule has 10 nitrogen and oxygen atoms in total. The first-order chi connectivity index (χ1) is 17.1. The lowest BCUT2D eigenvalue weighted by molar-refractivity contribution is -0.128. The standard InChI is InChI=1S/C25H26N4O6S/c1-3-20-19(25(31)32)8-10-22(28-20)27-17-6-9-21(16(13-17)15-29-12-4-5-24(29)30)35-18-7-11-23(26-14-18)36(2,33)34/h6-11,13-14H,3-5,12,15H2,1-2H3,(H,27,28)(H,31,32). The van der Waals surface area contributed by atoms with Crippen LogP contribution in [0.4, 0.5) is 11.5 Å². The maximum absolute atomic E-state index is 12.3. The molecule has 3 aromatic rings. The number of nitrogens with zero attached hydrogens (tertiary/aromatic N) is 3. The Bertz CT molecular complexity index is 1410. The molecule has 0 aliphatic carbocycles. The van der Waals surface area contributed by atoms with Gasteiger partial charge in [0.2, 0.25) is 5.91 Å². The molecule has 0 radical (unpaired) electrons. The van der Waals surface area contributed by atoms with Crippen LogP contribution >= 0.6 is 0 Å². The third kappa shape index (κ3) is 5.80. The van der Waals surface area contributed by atoms with Crippen LogP contribution in [-0.4, -0.2) is 53.1 Å². The largest absolute Gasteiger partial charge is 0.478 e. The number of carbonyl (C=O) groups excluding carboxylic acids is 1. The number of rotatable bonds is 9. The average molecular weight is 511 g/mol. The molecule has 1 aromatic carbocycles. The van der Waals surface area contributed by atoms with Gasteiger partial charge in [0.1, 0.15) is 17.3 Å². The molecule has 1 saturated heterocycles. The number of anilines is 2. The number of carbonyl (C=O) groups is 2. The van der Waals surface area contributed by atoms with Crippen LogP contribution in [0.25, 0.3) is 0 Å².